The molecule has 0 saturated heterocycles. The molecule has 0 fully saturated rings. The van der Waals surface area contributed by atoms with Gasteiger partial charge < -0.3 is 5.73 Å². The summed E-state index contributed by atoms with van der Waals surface area (Å²) in [5.41, 5.74) is 9.50. The maximum atomic E-state index is 5.80. The van der Waals surface area contributed by atoms with Crippen LogP contribution in [-0.4, -0.2) is 19.8 Å². The zero-order valence-electron chi connectivity index (χ0n) is 14.5. The third kappa shape index (κ3) is 2.95. The Kier molecular flexibility index (Phi) is 3.48. The first-order valence-corrected chi connectivity index (χ1v) is 8.51. The molecule has 2 N–H and O–H groups in total. The van der Waals surface area contributed by atoms with Crippen molar-refractivity contribution in [1.82, 2.24) is 19.8 Å². The molecular weight excluding hydrogens is 306 g/mol. The largest absolute Gasteiger partial charge is 0.374 e. The number of hydrogen-bond acceptors (Lipinski definition) is 5. The van der Waals surface area contributed by atoms with E-state index in [1.54, 1.807) is 4.52 Å². The van der Waals surface area contributed by atoms with Crippen LogP contribution >= 0.6 is 11.3 Å². The van der Waals surface area contributed by atoms with Gasteiger partial charge in [-0.15, -0.1) is 15.3 Å². The summed E-state index contributed by atoms with van der Waals surface area (Å²) in [4.78, 5) is 0.718. The van der Waals surface area contributed by atoms with Gasteiger partial charge in [0.05, 0.1) is 0 Å². The molecule has 0 atom stereocenters. The van der Waals surface area contributed by atoms with Gasteiger partial charge in [-0.2, -0.15) is 4.52 Å². The van der Waals surface area contributed by atoms with Crippen molar-refractivity contribution >= 4 is 21.4 Å². The molecule has 2 heterocycles. The molecule has 3 aromatic rings. The van der Waals surface area contributed by atoms with Crippen LogP contribution in [0.4, 0.5) is 5.13 Å². The van der Waals surface area contributed by atoms with Gasteiger partial charge in [0.15, 0.2) is 5.82 Å². The second-order valence-corrected chi connectivity index (χ2v) is 8.94. The van der Waals surface area contributed by atoms with Crippen molar-refractivity contribution < 1.29 is 0 Å². The van der Waals surface area contributed by atoms with Gasteiger partial charge in [0.1, 0.15) is 0 Å². The number of rotatable bonds is 1. The predicted octanol–water partition coefficient (Wildman–Crippen LogP) is 4.03. The van der Waals surface area contributed by atoms with Crippen LogP contribution in [0.25, 0.3) is 16.3 Å². The lowest BCUT2D eigenvalue weighted by atomic mass is 9.79. The second-order valence-electron chi connectivity index (χ2n) is 7.96. The molecule has 0 spiro atoms. The highest BCUT2D eigenvalue weighted by molar-refractivity contribution is 7.20. The lowest BCUT2D eigenvalue weighted by Gasteiger charge is -2.25. The van der Waals surface area contributed by atoms with Crippen molar-refractivity contribution in [2.75, 3.05) is 5.73 Å². The van der Waals surface area contributed by atoms with Gasteiger partial charge in [0, 0.05) is 5.56 Å². The third-order valence-corrected chi connectivity index (χ3v) is 4.66. The van der Waals surface area contributed by atoms with E-state index < -0.39 is 0 Å². The first-order valence-electron chi connectivity index (χ1n) is 7.70. The molecule has 5 nitrogen and oxygen atoms in total. The Morgan fingerprint density at radius 2 is 1.48 bits per heavy atom. The minimum absolute atomic E-state index is 0.0565. The third-order valence-electron chi connectivity index (χ3n) is 3.93. The van der Waals surface area contributed by atoms with Crippen molar-refractivity contribution in [2.24, 2.45) is 0 Å². The second kappa shape index (κ2) is 5.03. The molecule has 0 bridgehead atoms. The number of fused-ring (bicyclic) bond motifs is 1. The summed E-state index contributed by atoms with van der Waals surface area (Å²) in [6.07, 6.45) is 0. The van der Waals surface area contributed by atoms with E-state index in [0.717, 1.165) is 16.3 Å². The monoisotopic (exact) mass is 329 g/mol. The molecule has 0 aliphatic carbocycles. The quantitative estimate of drug-likeness (QED) is 0.732. The fourth-order valence-electron chi connectivity index (χ4n) is 2.43. The number of anilines is 1. The maximum Gasteiger partial charge on any atom is 0.236 e. The van der Waals surface area contributed by atoms with Crippen LogP contribution in [0.2, 0.25) is 0 Å². The summed E-state index contributed by atoms with van der Waals surface area (Å²) in [6, 6.07) is 6.65. The van der Waals surface area contributed by atoms with E-state index in [1.165, 1.54) is 22.5 Å². The smallest absolute Gasteiger partial charge is 0.236 e. The molecule has 6 heteroatoms. The Morgan fingerprint density at radius 3 is 2.00 bits per heavy atom. The van der Waals surface area contributed by atoms with Crippen molar-refractivity contribution in [2.45, 2.75) is 52.4 Å². The Balaban J connectivity index is 2.26. The van der Waals surface area contributed by atoms with E-state index in [-0.39, 0.29) is 10.8 Å². The Morgan fingerprint density at radius 1 is 0.913 bits per heavy atom. The zero-order chi connectivity index (χ0) is 17.0. The van der Waals surface area contributed by atoms with Gasteiger partial charge in [-0.1, -0.05) is 58.9 Å². The first kappa shape index (κ1) is 15.9. The van der Waals surface area contributed by atoms with E-state index in [4.69, 9.17) is 5.73 Å². The van der Waals surface area contributed by atoms with Crippen LogP contribution in [0, 0.1) is 0 Å². The highest BCUT2D eigenvalue weighted by atomic mass is 32.1. The number of nitrogens with two attached hydrogens (primary N) is 1. The fraction of sp³-hybridized carbons (Fsp3) is 0.471. The molecule has 0 amide bonds. The van der Waals surface area contributed by atoms with Crippen molar-refractivity contribution in [3.05, 3.63) is 29.3 Å². The molecule has 3 rings (SSSR count). The molecule has 0 aliphatic heterocycles. The average Bonchev–Trinajstić information content (AvgIpc) is 2.94. The van der Waals surface area contributed by atoms with E-state index in [1.807, 2.05) is 0 Å². The fourth-order valence-corrected chi connectivity index (χ4v) is 3.04. The normalized spacial score (nSPS) is 13.0. The molecular formula is C17H23N5S. The van der Waals surface area contributed by atoms with Crippen molar-refractivity contribution in [1.29, 1.82) is 0 Å². The Hall–Kier alpha value is -1.95. The Labute approximate surface area is 140 Å². The van der Waals surface area contributed by atoms with Crippen LogP contribution in [-0.2, 0) is 10.8 Å². The molecule has 23 heavy (non-hydrogen) atoms. The summed E-state index contributed by atoms with van der Waals surface area (Å²) < 4.78 is 1.73. The minimum Gasteiger partial charge on any atom is -0.374 e. The molecule has 0 saturated carbocycles. The molecule has 1 aromatic carbocycles. The molecule has 122 valence electrons. The van der Waals surface area contributed by atoms with Crippen LogP contribution in [0.1, 0.15) is 52.7 Å². The van der Waals surface area contributed by atoms with Crippen molar-refractivity contribution in [3.63, 3.8) is 0 Å². The lowest BCUT2D eigenvalue weighted by Crippen LogP contribution is -2.16. The van der Waals surface area contributed by atoms with Gasteiger partial charge in [0.25, 0.3) is 0 Å². The van der Waals surface area contributed by atoms with Crippen molar-refractivity contribution in [3.8, 4) is 11.4 Å². The summed E-state index contributed by atoms with van der Waals surface area (Å²) in [6.45, 7) is 13.3. The van der Waals surface area contributed by atoms with Crippen LogP contribution < -0.4 is 5.73 Å². The van der Waals surface area contributed by atoms with E-state index in [9.17, 15) is 0 Å². The van der Waals surface area contributed by atoms with E-state index >= 15 is 0 Å². The summed E-state index contributed by atoms with van der Waals surface area (Å²) >= 11 is 1.34. The van der Waals surface area contributed by atoms with Gasteiger partial charge >= 0.3 is 0 Å². The Bertz CT molecular complexity index is 829. The van der Waals surface area contributed by atoms with Crippen LogP contribution in [0.5, 0.6) is 0 Å². The van der Waals surface area contributed by atoms with Gasteiger partial charge in [-0.3, -0.25) is 0 Å². The van der Waals surface area contributed by atoms with E-state index in [2.05, 4.69) is 75.0 Å². The molecule has 0 radical (unpaired) electrons. The van der Waals surface area contributed by atoms with E-state index in [0.29, 0.717) is 5.13 Å². The molecule has 0 unspecified atom stereocenters. The predicted molar refractivity (Wildman–Crippen MR) is 95.9 cm³/mol. The first-order chi connectivity index (χ1) is 10.6. The van der Waals surface area contributed by atoms with Gasteiger partial charge in [0.2, 0.25) is 10.1 Å². The lowest BCUT2D eigenvalue weighted by molar-refractivity contribution is 0.569. The number of aromatic nitrogens is 4. The van der Waals surface area contributed by atoms with Gasteiger partial charge in [-0.25, -0.2) is 0 Å². The standard InChI is InChI=1S/C17H23N5S/c1-16(2,3)11-7-10(8-12(9-11)17(4,5)6)13-19-20-15-22(13)21-14(18)23-15/h7-9H,1-6H3,(H2,18,21). The summed E-state index contributed by atoms with van der Waals surface area (Å²) in [5.74, 6) is 0.740. The average molecular weight is 329 g/mol. The van der Waals surface area contributed by atoms with Crippen LogP contribution in [0.3, 0.4) is 0 Å². The zero-order valence-corrected chi connectivity index (χ0v) is 15.3. The van der Waals surface area contributed by atoms with Crippen LogP contribution in [0.15, 0.2) is 18.2 Å². The highest BCUT2D eigenvalue weighted by Gasteiger charge is 2.22. The summed E-state index contributed by atoms with van der Waals surface area (Å²) in [5, 5.41) is 13.3. The maximum absolute atomic E-state index is 5.80. The number of nitrogens with zero attached hydrogens (tertiary/aromatic N) is 4. The number of benzene rings is 1. The van der Waals surface area contributed by atoms with Gasteiger partial charge in [-0.05, 0) is 34.1 Å². The molecule has 2 aromatic heterocycles. The number of nitrogen functional groups attached to an aromatic ring is 1. The SMILES string of the molecule is CC(C)(C)c1cc(-c2nnc3sc(N)nn23)cc(C(C)(C)C)c1. The highest BCUT2D eigenvalue weighted by Crippen LogP contribution is 2.33. The topological polar surface area (TPSA) is 69.1 Å². The minimum atomic E-state index is 0.0565. The summed E-state index contributed by atoms with van der Waals surface area (Å²) in [7, 11) is 0. The number of hydrogen-bond donors (Lipinski definition) is 1. The molecule has 0 aliphatic rings.